The van der Waals surface area contributed by atoms with Gasteiger partial charge in [0.1, 0.15) is 6.61 Å². The van der Waals surface area contributed by atoms with Crippen molar-refractivity contribution in [2.45, 2.75) is 57.5 Å². The Morgan fingerprint density at radius 3 is 2.26 bits per heavy atom. The molecule has 2 amide bonds. The normalized spacial score (nSPS) is 19.0. The van der Waals surface area contributed by atoms with Crippen molar-refractivity contribution in [2.75, 3.05) is 13.2 Å². The fourth-order valence-electron chi connectivity index (χ4n) is 5.13. The number of fused-ring (bicyclic) bond motifs is 3. The number of nitrogens with zero attached hydrogens (tertiary/aromatic N) is 1. The van der Waals surface area contributed by atoms with Gasteiger partial charge >= 0.3 is 12.1 Å². The Kier molecular flexibility index (Phi) is 7.20. The number of carbonyl (C=O) groups excluding carboxylic acids is 2. The summed E-state index contributed by atoms with van der Waals surface area (Å²) in [6.45, 7) is 4.31. The van der Waals surface area contributed by atoms with Gasteiger partial charge in [-0.1, -0.05) is 55.5 Å². The number of carboxylic acid groups (broad SMARTS) is 1. The number of piperidine rings is 1. The minimum atomic E-state index is -0.901. The molecular formula is C27H32N2O5. The van der Waals surface area contributed by atoms with Crippen molar-refractivity contribution in [1.29, 1.82) is 0 Å². The number of amides is 2. The maximum Gasteiger partial charge on any atom is 0.407 e. The minimum Gasteiger partial charge on any atom is -0.481 e. The highest BCUT2D eigenvalue weighted by atomic mass is 16.5. The Morgan fingerprint density at radius 1 is 1.03 bits per heavy atom. The van der Waals surface area contributed by atoms with Crippen LogP contribution in [0.4, 0.5) is 4.79 Å². The smallest absolute Gasteiger partial charge is 0.407 e. The van der Waals surface area contributed by atoms with Gasteiger partial charge in [-0.2, -0.15) is 0 Å². The van der Waals surface area contributed by atoms with Gasteiger partial charge in [-0.15, -0.1) is 0 Å². The lowest BCUT2D eigenvalue weighted by molar-refractivity contribution is -0.144. The molecule has 0 spiro atoms. The van der Waals surface area contributed by atoms with E-state index in [2.05, 4.69) is 29.6 Å². The van der Waals surface area contributed by atoms with Crippen molar-refractivity contribution in [2.24, 2.45) is 5.92 Å². The fraction of sp³-hybridized carbons (Fsp3) is 0.444. The van der Waals surface area contributed by atoms with Crippen molar-refractivity contribution in [3.63, 3.8) is 0 Å². The molecule has 7 heteroatoms. The van der Waals surface area contributed by atoms with Crippen LogP contribution >= 0.6 is 0 Å². The Hall–Kier alpha value is -3.35. The largest absolute Gasteiger partial charge is 0.481 e. The van der Waals surface area contributed by atoms with Crippen LogP contribution in [0, 0.1) is 5.92 Å². The third-order valence-electron chi connectivity index (χ3n) is 7.15. The third-order valence-corrected chi connectivity index (χ3v) is 7.15. The first-order chi connectivity index (χ1) is 16.4. The van der Waals surface area contributed by atoms with Gasteiger partial charge in [0.15, 0.2) is 0 Å². The van der Waals surface area contributed by atoms with Gasteiger partial charge in [0.25, 0.3) is 0 Å². The van der Waals surface area contributed by atoms with E-state index in [0.717, 1.165) is 35.1 Å². The van der Waals surface area contributed by atoms with E-state index < -0.39 is 24.0 Å². The Labute approximate surface area is 200 Å². The van der Waals surface area contributed by atoms with Crippen LogP contribution in [0.2, 0.25) is 0 Å². The highest BCUT2D eigenvalue weighted by molar-refractivity contribution is 5.81. The molecule has 0 aromatic heterocycles. The molecule has 2 unspecified atom stereocenters. The van der Waals surface area contributed by atoms with E-state index in [9.17, 15) is 19.5 Å². The van der Waals surface area contributed by atoms with Crippen molar-refractivity contribution in [1.82, 2.24) is 10.2 Å². The van der Waals surface area contributed by atoms with Crippen LogP contribution in [-0.4, -0.2) is 53.2 Å². The predicted molar refractivity (Wildman–Crippen MR) is 128 cm³/mol. The maximum atomic E-state index is 13.1. The Morgan fingerprint density at radius 2 is 1.65 bits per heavy atom. The molecule has 0 saturated carbocycles. The molecule has 1 fully saturated rings. The second-order valence-corrected chi connectivity index (χ2v) is 9.33. The molecular weight excluding hydrogens is 432 g/mol. The van der Waals surface area contributed by atoms with E-state index in [1.165, 1.54) is 0 Å². The number of rotatable bonds is 7. The molecule has 180 valence electrons. The first-order valence-corrected chi connectivity index (χ1v) is 12.0. The van der Waals surface area contributed by atoms with Gasteiger partial charge in [-0.05, 0) is 48.4 Å². The van der Waals surface area contributed by atoms with Crippen LogP contribution in [0.1, 0.15) is 56.6 Å². The molecule has 2 N–H and O–H groups in total. The van der Waals surface area contributed by atoms with E-state index in [-0.39, 0.29) is 30.9 Å². The molecule has 7 nitrogen and oxygen atoms in total. The number of hydrogen-bond acceptors (Lipinski definition) is 4. The molecule has 4 rings (SSSR count). The van der Waals surface area contributed by atoms with E-state index in [4.69, 9.17) is 4.74 Å². The predicted octanol–water partition coefficient (Wildman–Crippen LogP) is 4.41. The van der Waals surface area contributed by atoms with Gasteiger partial charge < -0.3 is 20.1 Å². The van der Waals surface area contributed by atoms with Crippen molar-refractivity contribution >= 4 is 18.0 Å². The number of aliphatic carboxylic acids is 1. The van der Waals surface area contributed by atoms with Crippen molar-refractivity contribution in [3.05, 3.63) is 59.7 Å². The summed E-state index contributed by atoms with van der Waals surface area (Å²) in [6, 6.07) is 15.6. The van der Waals surface area contributed by atoms with Crippen LogP contribution in [-0.2, 0) is 14.3 Å². The van der Waals surface area contributed by atoms with E-state index in [0.29, 0.717) is 13.0 Å². The zero-order valence-corrected chi connectivity index (χ0v) is 19.7. The summed E-state index contributed by atoms with van der Waals surface area (Å²) in [5.41, 5.74) is 4.61. The minimum absolute atomic E-state index is 0.0300. The molecule has 1 saturated heterocycles. The molecule has 2 aliphatic rings. The van der Waals surface area contributed by atoms with Gasteiger partial charge in [-0.25, -0.2) is 4.79 Å². The molecule has 1 heterocycles. The standard InChI is InChI=1S/C27H32N2O5/c1-17(26(32)29-14-8-7-9-19(29)15-25(30)31)18(2)28-27(33)34-16-24-22-12-5-3-10-20(22)21-11-4-6-13-23(21)24/h3-6,10-13,17-19,24H,7-9,14-16H2,1-2H3,(H,28,33)(H,30,31)/t17?,18?,19-/m0/s1. The first-order valence-electron chi connectivity index (χ1n) is 12.0. The van der Waals surface area contributed by atoms with Gasteiger partial charge in [0.2, 0.25) is 5.91 Å². The Bertz CT molecular complexity index is 1020. The highest BCUT2D eigenvalue weighted by Crippen LogP contribution is 2.44. The van der Waals surface area contributed by atoms with Gasteiger partial charge in [-0.3, -0.25) is 9.59 Å². The quantitative estimate of drug-likeness (QED) is 0.633. The van der Waals surface area contributed by atoms with Crippen LogP contribution in [0.3, 0.4) is 0 Å². The molecule has 0 bridgehead atoms. The van der Waals surface area contributed by atoms with E-state index in [1.807, 2.05) is 24.3 Å². The number of hydrogen-bond donors (Lipinski definition) is 2. The van der Waals surface area contributed by atoms with Crippen LogP contribution in [0.15, 0.2) is 48.5 Å². The van der Waals surface area contributed by atoms with E-state index >= 15 is 0 Å². The molecule has 0 radical (unpaired) electrons. The molecule has 2 aromatic carbocycles. The lowest BCUT2D eigenvalue weighted by Gasteiger charge is -2.37. The lowest BCUT2D eigenvalue weighted by Crippen LogP contribution is -2.51. The average molecular weight is 465 g/mol. The maximum absolute atomic E-state index is 13.1. The summed E-state index contributed by atoms with van der Waals surface area (Å²) in [6.07, 6.45) is 1.87. The fourth-order valence-corrected chi connectivity index (χ4v) is 5.13. The monoisotopic (exact) mass is 464 g/mol. The summed E-state index contributed by atoms with van der Waals surface area (Å²) < 4.78 is 5.61. The summed E-state index contributed by atoms with van der Waals surface area (Å²) in [5, 5.41) is 12.0. The third kappa shape index (κ3) is 4.93. The number of likely N-dealkylation sites (tertiary alicyclic amines) is 1. The van der Waals surface area contributed by atoms with E-state index in [1.54, 1.807) is 18.7 Å². The second kappa shape index (κ2) is 10.3. The lowest BCUT2D eigenvalue weighted by atomic mass is 9.95. The average Bonchev–Trinajstić information content (AvgIpc) is 3.15. The second-order valence-electron chi connectivity index (χ2n) is 9.33. The Balaban J connectivity index is 1.35. The van der Waals surface area contributed by atoms with Gasteiger partial charge in [0, 0.05) is 24.5 Å². The summed E-state index contributed by atoms with van der Waals surface area (Å²) in [4.78, 5) is 38.6. The van der Waals surface area contributed by atoms with Crippen LogP contribution in [0.5, 0.6) is 0 Å². The topological polar surface area (TPSA) is 95.9 Å². The summed E-state index contributed by atoms with van der Waals surface area (Å²) in [7, 11) is 0. The van der Waals surface area contributed by atoms with Gasteiger partial charge in [0.05, 0.1) is 12.3 Å². The number of carbonyl (C=O) groups is 3. The molecule has 1 aliphatic carbocycles. The molecule has 3 atom stereocenters. The summed E-state index contributed by atoms with van der Waals surface area (Å²) in [5.74, 6) is -1.55. The number of carboxylic acids is 1. The molecule has 34 heavy (non-hydrogen) atoms. The zero-order valence-electron chi connectivity index (χ0n) is 19.7. The van der Waals surface area contributed by atoms with Crippen LogP contribution in [0.25, 0.3) is 11.1 Å². The number of nitrogens with one attached hydrogen (secondary N) is 1. The zero-order chi connectivity index (χ0) is 24.2. The SMILES string of the molecule is CC(NC(=O)OCC1c2ccccc2-c2ccccc21)C(C)C(=O)N1CCCC[C@H]1CC(=O)O. The highest BCUT2D eigenvalue weighted by Gasteiger charge is 2.34. The van der Waals surface area contributed by atoms with Crippen molar-refractivity contribution < 1.29 is 24.2 Å². The summed E-state index contributed by atoms with van der Waals surface area (Å²) >= 11 is 0. The van der Waals surface area contributed by atoms with Crippen LogP contribution < -0.4 is 5.32 Å². The van der Waals surface area contributed by atoms with Crippen molar-refractivity contribution in [3.8, 4) is 11.1 Å². The number of benzene rings is 2. The molecule has 2 aromatic rings. The number of ether oxygens (including phenoxy) is 1. The molecule has 1 aliphatic heterocycles. The first kappa shape index (κ1) is 23.8. The number of alkyl carbamates (subject to hydrolysis) is 1.